The SMILES string of the molecule is COc1cccc(C2CC(=O)N(Cc3ccc(F)c(F)c3)C(C)=C2C(=O)OCC(C)C)c1. The van der Waals surface area contributed by atoms with E-state index in [1.54, 1.807) is 32.2 Å². The van der Waals surface area contributed by atoms with Crippen LogP contribution in [0.25, 0.3) is 0 Å². The standard InChI is InChI=1S/C25H27F2NO4/c1-15(2)14-32-25(30)24-16(3)28(13-17-8-9-21(26)22(27)10-17)23(29)12-20(24)18-6-5-7-19(11-18)31-4/h5-11,15,20H,12-14H2,1-4H3. The summed E-state index contributed by atoms with van der Waals surface area (Å²) in [6.07, 6.45) is 0.0420. The second-order valence-corrected chi connectivity index (χ2v) is 8.25. The molecule has 1 aliphatic heterocycles. The van der Waals surface area contributed by atoms with Gasteiger partial charge in [-0.25, -0.2) is 13.6 Å². The average molecular weight is 443 g/mol. The molecule has 1 aliphatic rings. The molecule has 1 heterocycles. The van der Waals surface area contributed by atoms with Crippen molar-refractivity contribution in [2.24, 2.45) is 5.92 Å². The van der Waals surface area contributed by atoms with E-state index in [9.17, 15) is 18.4 Å². The van der Waals surface area contributed by atoms with Crippen LogP contribution in [-0.4, -0.2) is 30.5 Å². The first-order valence-electron chi connectivity index (χ1n) is 10.5. The molecule has 0 N–H and O–H groups in total. The molecule has 1 amide bonds. The highest BCUT2D eigenvalue weighted by atomic mass is 19.2. The van der Waals surface area contributed by atoms with Crippen LogP contribution >= 0.6 is 0 Å². The Balaban J connectivity index is 2.02. The first-order chi connectivity index (χ1) is 15.2. The maximum absolute atomic E-state index is 13.7. The van der Waals surface area contributed by atoms with E-state index in [0.29, 0.717) is 22.6 Å². The molecule has 3 rings (SSSR count). The highest BCUT2D eigenvalue weighted by Crippen LogP contribution is 2.38. The quantitative estimate of drug-likeness (QED) is 0.568. The Kier molecular flexibility index (Phi) is 7.28. The number of esters is 1. The minimum Gasteiger partial charge on any atom is -0.497 e. The largest absolute Gasteiger partial charge is 0.497 e. The van der Waals surface area contributed by atoms with E-state index in [1.165, 1.54) is 11.0 Å². The van der Waals surface area contributed by atoms with Gasteiger partial charge in [0.25, 0.3) is 0 Å². The van der Waals surface area contributed by atoms with Crippen LogP contribution in [0.15, 0.2) is 53.7 Å². The number of amides is 1. The van der Waals surface area contributed by atoms with Crippen molar-refractivity contribution in [2.45, 2.75) is 39.7 Å². The van der Waals surface area contributed by atoms with Gasteiger partial charge in [-0.1, -0.05) is 32.0 Å². The Morgan fingerprint density at radius 2 is 1.91 bits per heavy atom. The van der Waals surface area contributed by atoms with Crippen molar-refractivity contribution in [1.82, 2.24) is 4.90 Å². The van der Waals surface area contributed by atoms with E-state index >= 15 is 0 Å². The molecule has 0 spiro atoms. The lowest BCUT2D eigenvalue weighted by molar-refractivity contribution is -0.141. The van der Waals surface area contributed by atoms with Crippen LogP contribution in [0.1, 0.15) is 44.2 Å². The van der Waals surface area contributed by atoms with Crippen molar-refractivity contribution >= 4 is 11.9 Å². The summed E-state index contributed by atoms with van der Waals surface area (Å²) in [6.45, 7) is 5.82. The number of benzene rings is 2. The summed E-state index contributed by atoms with van der Waals surface area (Å²) in [6, 6.07) is 10.7. The van der Waals surface area contributed by atoms with Crippen LogP contribution in [0.2, 0.25) is 0 Å². The molecule has 5 nitrogen and oxygen atoms in total. The highest BCUT2D eigenvalue weighted by Gasteiger charge is 2.37. The summed E-state index contributed by atoms with van der Waals surface area (Å²) in [5.41, 5.74) is 2.00. The fourth-order valence-corrected chi connectivity index (χ4v) is 3.75. The molecule has 0 fully saturated rings. The van der Waals surface area contributed by atoms with Gasteiger partial charge in [-0.05, 0) is 48.2 Å². The van der Waals surface area contributed by atoms with Gasteiger partial charge in [-0.3, -0.25) is 4.79 Å². The molecule has 0 radical (unpaired) electrons. The monoisotopic (exact) mass is 443 g/mol. The normalized spacial score (nSPS) is 16.5. The fraction of sp³-hybridized carbons (Fsp3) is 0.360. The second-order valence-electron chi connectivity index (χ2n) is 8.25. The molecule has 2 aromatic carbocycles. The van der Waals surface area contributed by atoms with Crippen LogP contribution < -0.4 is 4.74 Å². The predicted molar refractivity (Wildman–Crippen MR) is 116 cm³/mol. The summed E-state index contributed by atoms with van der Waals surface area (Å²) in [7, 11) is 1.55. The number of halogens is 2. The molecule has 1 atom stereocenters. The molecule has 7 heteroatoms. The lowest BCUT2D eigenvalue weighted by Crippen LogP contribution is -2.38. The Bertz CT molecular complexity index is 1050. The number of carbonyl (C=O) groups is 2. The number of rotatable bonds is 7. The van der Waals surface area contributed by atoms with Crippen molar-refractivity contribution in [3.05, 3.63) is 76.5 Å². The molecular weight excluding hydrogens is 416 g/mol. The maximum atomic E-state index is 13.7. The highest BCUT2D eigenvalue weighted by molar-refractivity contribution is 5.95. The molecular formula is C25H27F2NO4. The molecule has 0 aromatic heterocycles. The van der Waals surface area contributed by atoms with E-state index in [1.807, 2.05) is 19.9 Å². The van der Waals surface area contributed by atoms with Gasteiger partial charge in [0, 0.05) is 18.0 Å². The van der Waals surface area contributed by atoms with E-state index in [0.717, 1.165) is 17.7 Å². The molecule has 0 saturated carbocycles. The Hall–Kier alpha value is -3.22. The number of ether oxygens (including phenoxy) is 2. The maximum Gasteiger partial charge on any atom is 0.336 e. The van der Waals surface area contributed by atoms with Gasteiger partial charge in [0.1, 0.15) is 5.75 Å². The van der Waals surface area contributed by atoms with Crippen molar-refractivity contribution in [3.8, 4) is 5.75 Å². The van der Waals surface area contributed by atoms with Gasteiger partial charge < -0.3 is 14.4 Å². The van der Waals surface area contributed by atoms with Crippen molar-refractivity contribution < 1.29 is 27.8 Å². The molecule has 0 aliphatic carbocycles. The number of hydrogen-bond donors (Lipinski definition) is 0. The van der Waals surface area contributed by atoms with Crippen LogP contribution in [0.5, 0.6) is 5.75 Å². The molecule has 32 heavy (non-hydrogen) atoms. The fourth-order valence-electron chi connectivity index (χ4n) is 3.75. The summed E-state index contributed by atoms with van der Waals surface area (Å²) >= 11 is 0. The predicted octanol–water partition coefficient (Wildman–Crippen LogP) is 4.96. The van der Waals surface area contributed by atoms with Gasteiger partial charge in [0.2, 0.25) is 5.91 Å². The number of methoxy groups -OCH3 is 1. The molecule has 170 valence electrons. The van der Waals surface area contributed by atoms with Crippen LogP contribution in [-0.2, 0) is 20.9 Å². The lowest BCUT2D eigenvalue weighted by Gasteiger charge is -2.34. The van der Waals surface area contributed by atoms with E-state index in [-0.39, 0.29) is 31.4 Å². The third-order valence-corrected chi connectivity index (χ3v) is 5.41. The van der Waals surface area contributed by atoms with E-state index < -0.39 is 23.5 Å². The zero-order chi connectivity index (χ0) is 23.4. The first kappa shape index (κ1) is 23.4. The van der Waals surface area contributed by atoms with Crippen LogP contribution in [0.4, 0.5) is 8.78 Å². The Morgan fingerprint density at radius 1 is 1.16 bits per heavy atom. The van der Waals surface area contributed by atoms with Gasteiger partial charge in [0.05, 0.1) is 25.8 Å². The molecule has 1 unspecified atom stereocenters. The van der Waals surface area contributed by atoms with E-state index in [2.05, 4.69) is 0 Å². The minimum atomic E-state index is -0.987. The second kappa shape index (κ2) is 9.94. The molecule has 0 saturated heterocycles. The Morgan fingerprint density at radius 3 is 2.56 bits per heavy atom. The smallest absolute Gasteiger partial charge is 0.336 e. The first-order valence-corrected chi connectivity index (χ1v) is 10.5. The number of carbonyl (C=O) groups excluding carboxylic acids is 2. The topological polar surface area (TPSA) is 55.8 Å². The average Bonchev–Trinajstić information content (AvgIpc) is 2.77. The van der Waals surface area contributed by atoms with Crippen LogP contribution in [0, 0.1) is 17.6 Å². The van der Waals surface area contributed by atoms with Crippen molar-refractivity contribution in [3.63, 3.8) is 0 Å². The molecule has 2 aromatic rings. The minimum absolute atomic E-state index is 0.0215. The third-order valence-electron chi connectivity index (χ3n) is 5.41. The van der Waals surface area contributed by atoms with Gasteiger partial charge in [0.15, 0.2) is 11.6 Å². The van der Waals surface area contributed by atoms with Crippen molar-refractivity contribution in [1.29, 1.82) is 0 Å². The van der Waals surface area contributed by atoms with E-state index in [4.69, 9.17) is 9.47 Å². The summed E-state index contributed by atoms with van der Waals surface area (Å²) in [5, 5.41) is 0. The molecule has 0 bridgehead atoms. The van der Waals surface area contributed by atoms with Crippen LogP contribution in [0.3, 0.4) is 0 Å². The Labute approximate surface area is 186 Å². The van der Waals surface area contributed by atoms with Crippen molar-refractivity contribution in [2.75, 3.05) is 13.7 Å². The zero-order valence-electron chi connectivity index (χ0n) is 18.7. The number of allylic oxidation sites excluding steroid dienone is 1. The third kappa shape index (κ3) is 5.15. The van der Waals surface area contributed by atoms with Gasteiger partial charge >= 0.3 is 5.97 Å². The van der Waals surface area contributed by atoms with Gasteiger partial charge in [-0.15, -0.1) is 0 Å². The lowest BCUT2D eigenvalue weighted by atomic mass is 9.83. The zero-order valence-corrected chi connectivity index (χ0v) is 18.7. The summed E-state index contributed by atoms with van der Waals surface area (Å²) < 4.78 is 37.8. The number of nitrogens with zero attached hydrogens (tertiary/aromatic N) is 1. The number of hydrogen-bond acceptors (Lipinski definition) is 4. The summed E-state index contributed by atoms with van der Waals surface area (Å²) in [4.78, 5) is 27.6. The summed E-state index contributed by atoms with van der Waals surface area (Å²) in [5.74, 6) is -2.39. The van der Waals surface area contributed by atoms with Gasteiger partial charge in [-0.2, -0.15) is 0 Å².